The lowest BCUT2D eigenvalue weighted by Gasteiger charge is -2.30. The predicted octanol–water partition coefficient (Wildman–Crippen LogP) is 5.95. The minimum absolute atomic E-state index is 0.0724. The van der Waals surface area contributed by atoms with Gasteiger partial charge in [-0.1, -0.05) is 79.8 Å². The predicted molar refractivity (Wildman–Crippen MR) is 213 cm³/mol. The number of aromatic nitrogens is 4. The van der Waals surface area contributed by atoms with Crippen molar-refractivity contribution in [3.8, 4) is 21.7 Å². The Morgan fingerprint density at radius 2 is 1.61 bits per heavy atom. The zero-order valence-corrected chi connectivity index (χ0v) is 33.3. The number of rotatable bonds is 13. The lowest BCUT2D eigenvalue weighted by molar-refractivity contribution is -0.145. The Labute approximate surface area is 334 Å². The summed E-state index contributed by atoms with van der Waals surface area (Å²) in [6.45, 7) is 4.82. The van der Waals surface area contributed by atoms with Crippen molar-refractivity contribution in [2.24, 2.45) is 5.92 Å². The zero-order valence-electron chi connectivity index (χ0n) is 32.5. The number of carbonyl (C=O) groups is 5. The lowest BCUT2D eigenvalue weighted by Crippen LogP contribution is -2.51. The molecular formula is C42H47N7O7S. The van der Waals surface area contributed by atoms with E-state index in [1.54, 1.807) is 16.0 Å². The molecule has 7 rings (SSSR count). The number of nitrogens with one attached hydrogen (secondary N) is 2. The molecule has 3 amide bonds. The molecule has 57 heavy (non-hydrogen) atoms. The molecule has 4 atom stereocenters. The van der Waals surface area contributed by atoms with Gasteiger partial charge in [-0.15, -0.1) is 0 Å². The Morgan fingerprint density at radius 3 is 2.32 bits per heavy atom. The third kappa shape index (κ3) is 8.48. The van der Waals surface area contributed by atoms with Gasteiger partial charge >= 0.3 is 12.1 Å². The van der Waals surface area contributed by atoms with Crippen LogP contribution in [0.5, 0.6) is 0 Å². The second-order valence-electron chi connectivity index (χ2n) is 14.9. The van der Waals surface area contributed by atoms with Gasteiger partial charge in [-0.2, -0.15) is 0 Å². The van der Waals surface area contributed by atoms with Gasteiger partial charge in [0.2, 0.25) is 11.8 Å². The van der Waals surface area contributed by atoms with Crippen LogP contribution < -0.4 is 5.32 Å². The number of H-pyrrole nitrogens is 1. The zero-order chi connectivity index (χ0) is 40.2. The first-order chi connectivity index (χ1) is 27.5. The van der Waals surface area contributed by atoms with Crippen molar-refractivity contribution in [2.75, 3.05) is 27.3 Å². The van der Waals surface area contributed by atoms with Gasteiger partial charge in [-0.25, -0.2) is 14.8 Å². The molecule has 0 saturated carbocycles. The molecule has 0 radical (unpaired) electrons. The van der Waals surface area contributed by atoms with Crippen molar-refractivity contribution in [3.05, 3.63) is 90.3 Å². The summed E-state index contributed by atoms with van der Waals surface area (Å²) in [5, 5.41) is 2.69. The van der Waals surface area contributed by atoms with E-state index in [0.29, 0.717) is 37.4 Å². The summed E-state index contributed by atoms with van der Waals surface area (Å²) in [5.41, 5.74) is 4.15. The number of nitrogens with zero attached hydrogens (tertiary/aromatic N) is 5. The highest BCUT2D eigenvalue weighted by molar-refractivity contribution is 7.20. The molecule has 2 aliphatic heterocycles. The van der Waals surface area contributed by atoms with Crippen LogP contribution in [0, 0.1) is 5.92 Å². The van der Waals surface area contributed by atoms with Gasteiger partial charge in [0.25, 0.3) is 0 Å². The number of benzene rings is 2. The van der Waals surface area contributed by atoms with Crippen LogP contribution in [0.15, 0.2) is 73.2 Å². The van der Waals surface area contributed by atoms with E-state index in [9.17, 15) is 24.0 Å². The molecule has 5 aromatic rings. The van der Waals surface area contributed by atoms with Gasteiger partial charge in [0.1, 0.15) is 11.9 Å². The van der Waals surface area contributed by atoms with Gasteiger partial charge in [0.05, 0.1) is 67.5 Å². The second kappa shape index (κ2) is 17.1. The number of Topliss-reactive ketones (excluding diaryl/α,β-unsaturated/α-hetero) is 1. The number of hydrogen-bond donors (Lipinski definition) is 2. The number of aromatic amines is 1. The standard InChI is InChI=1S/C42H47N7O7S/c1-25(2)37(46-42(54)56-4)40(53)49-19-9-13-33(49)38-43-22-31(45-38)27-14-16-28(17-15-27)35-24-47-23-29(44-41(47)57-35)20-34(50)32-12-8-18-48(32)39(52)30(21-36(51)55-3)26-10-6-5-7-11-26/h5-7,10-11,14-17,22-25,30,32-33,37H,8-9,12-13,18-21H2,1-4H3,(H,43,45)(H,46,54)/t30-,32?,33+,37+/m1/s1. The highest BCUT2D eigenvalue weighted by Gasteiger charge is 2.39. The van der Waals surface area contributed by atoms with Gasteiger partial charge in [-0.05, 0) is 48.3 Å². The number of ketones is 1. The first kappa shape index (κ1) is 39.4. The van der Waals surface area contributed by atoms with E-state index < -0.39 is 30.1 Å². The molecule has 2 aliphatic rings. The molecule has 1 unspecified atom stereocenters. The molecule has 5 heterocycles. The second-order valence-corrected chi connectivity index (χ2v) is 15.9. The van der Waals surface area contributed by atoms with Crippen LogP contribution in [-0.2, 0) is 35.1 Å². The number of methoxy groups -OCH3 is 2. The Morgan fingerprint density at radius 1 is 0.895 bits per heavy atom. The average molecular weight is 794 g/mol. The molecule has 0 bridgehead atoms. The van der Waals surface area contributed by atoms with Crippen molar-refractivity contribution in [1.29, 1.82) is 0 Å². The molecule has 0 aliphatic carbocycles. The summed E-state index contributed by atoms with van der Waals surface area (Å²) in [6.07, 6.45) is 7.90. The van der Waals surface area contributed by atoms with Gasteiger partial charge < -0.3 is 29.6 Å². The molecule has 298 valence electrons. The molecule has 3 aromatic heterocycles. The number of thiazole rings is 1. The fraction of sp³-hybridized carbons (Fsp3) is 0.405. The Bertz CT molecular complexity index is 2210. The van der Waals surface area contributed by atoms with Crippen LogP contribution in [0.25, 0.3) is 26.7 Å². The number of esters is 1. The number of hydrogen-bond acceptors (Lipinski definition) is 10. The molecule has 2 N–H and O–H groups in total. The fourth-order valence-electron chi connectivity index (χ4n) is 7.87. The van der Waals surface area contributed by atoms with Crippen LogP contribution in [0.4, 0.5) is 4.79 Å². The SMILES string of the molecule is COC(=O)C[C@@H](C(=O)N1CCCC1C(=O)Cc1cn2cc(-c3ccc(-c4cnc([C@@H]5CCCN5C(=O)[C@@H](NC(=O)OC)C(C)C)[nH]4)cc3)sc2n1)c1ccccc1. The first-order valence-corrected chi connectivity index (χ1v) is 20.1. The Hall–Kier alpha value is -5.83. The fourth-order valence-corrected chi connectivity index (χ4v) is 8.86. The van der Waals surface area contributed by atoms with Gasteiger partial charge in [0.15, 0.2) is 10.7 Å². The minimum atomic E-state index is -0.726. The van der Waals surface area contributed by atoms with Crippen LogP contribution in [0.1, 0.15) is 75.0 Å². The maximum atomic E-state index is 13.8. The summed E-state index contributed by atoms with van der Waals surface area (Å²) < 4.78 is 11.6. The third-order valence-electron chi connectivity index (χ3n) is 10.9. The monoisotopic (exact) mass is 793 g/mol. The summed E-state index contributed by atoms with van der Waals surface area (Å²) in [5.74, 6) is -1.08. The van der Waals surface area contributed by atoms with E-state index in [2.05, 4.69) is 15.3 Å². The number of carbonyl (C=O) groups excluding carboxylic acids is 5. The maximum Gasteiger partial charge on any atom is 0.407 e. The first-order valence-electron chi connectivity index (χ1n) is 19.3. The normalized spacial score (nSPS) is 17.8. The quantitative estimate of drug-likeness (QED) is 0.137. The molecule has 15 heteroatoms. The number of alkyl carbamates (subject to hydrolysis) is 1. The van der Waals surface area contributed by atoms with E-state index in [1.807, 2.05) is 85.2 Å². The van der Waals surface area contributed by atoms with E-state index in [0.717, 1.165) is 45.1 Å². The summed E-state index contributed by atoms with van der Waals surface area (Å²) in [7, 11) is 2.59. The molecular weight excluding hydrogens is 747 g/mol. The van der Waals surface area contributed by atoms with Crippen LogP contribution >= 0.6 is 11.3 Å². The number of fused-ring (bicyclic) bond motifs is 1. The topological polar surface area (TPSA) is 168 Å². The van der Waals surface area contributed by atoms with Crippen molar-refractivity contribution in [2.45, 2.75) is 76.4 Å². The number of likely N-dealkylation sites (tertiary alicyclic amines) is 2. The van der Waals surface area contributed by atoms with Gasteiger partial charge in [0, 0.05) is 25.5 Å². The summed E-state index contributed by atoms with van der Waals surface area (Å²) >= 11 is 1.52. The van der Waals surface area contributed by atoms with E-state index in [4.69, 9.17) is 14.5 Å². The van der Waals surface area contributed by atoms with Gasteiger partial charge in [-0.3, -0.25) is 23.6 Å². The summed E-state index contributed by atoms with van der Waals surface area (Å²) in [6, 6.07) is 15.8. The van der Waals surface area contributed by atoms with Crippen molar-refractivity contribution < 1.29 is 33.4 Å². The van der Waals surface area contributed by atoms with E-state index in [1.165, 1.54) is 25.6 Å². The van der Waals surface area contributed by atoms with Crippen molar-refractivity contribution in [3.63, 3.8) is 0 Å². The largest absolute Gasteiger partial charge is 0.469 e. The number of imidazole rings is 2. The molecule has 2 fully saturated rings. The maximum absolute atomic E-state index is 13.8. The van der Waals surface area contributed by atoms with Crippen molar-refractivity contribution >= 4 is 46.0 Å². The highest BCUT2D eigenvalue weighted by atomic mass is 32.1. The van der Waals surface area contributed by atoms with Crippen molar-refractivity contribution in [1.82, 2.24) is 34.5 Å². The molecule has 2 saturated heterocycles. The van der Waals surface area contributed by atoms with Crippen LogP contribution in [0.2, 0.25) is 0 Å². The Kier molecular flexibility index (Phi) is 11.8. The Balaban J connectivity index is 0.994. The smallest absolute Gasteiger partial charge is 0.407 e. The van der Waals surface area contributed by atoms with Crippen LogP contribution in [-0.4, -0.2) is 98.2 Å². The average Bonchev–Trinajstić information content (AvgIpc) is 4.07. The molecule has 14 nitrogen and oxygen atoms in total. The third-order valence-corrected chi connectivity index (χ3v) is 11.9. The van der Waals surface area contributed by atoms with E-state index >= 15 is 0 Å². The van der Waals surface area contributed by atoms with E-state index in [-0.39, 0.29) is 42.4 Å². The molecule has 2 aromatic carbocycles. The number of ether oxygens (including phenoxy) is 2. The minimum Gasteiger partial charge on any atom is -0.469 e. The number of amides is 3. The highest BCUT2D eigenvalue weighted by Crippen LogP contribution is 2.35. The van der Waals surface area contributed by atoms with Crippen LogP contribution in [0.3, 0.4) is 0 Å². The molecule has 0 spiro atoms. The lowest BCUT2D eigenvalue weighted by atomic mass is 9.93. The summed E-state index contributed by atoms with van der Waals surface area (Å²) in [4.78, 5) is 83.2.